The quantitative estimate of drug-likeness (QED) is 0.185. The van der Waals surface area contributed by atoms with E-state index >= 15 is 0 Å². The molecule has 0 amide bonds. The molecule has 8 aromatic rings. The summed E-state index contributed by atoms with van der Waals surface area (Å²) in [6, 6.07) is 58.7. The van der Waals surface area contributed by atoms with Crippen LogP contribution in [-0.4, -0.2) is 21.4 Å². The number of benzene rings is 6. The van der Waals surface area contributed by atoms with E-state index in [0.717, 1.165) is 22.8 Å². The maximum absolute atomic E-state index is 5.46. The van der Waals surface area contributed by atoms with E-state index in [0.29, 0.717) is 0 Å². The Labute approximate surface area is 297 Å². The number of pyridine rings is 1. The van der Waals surface area contributed by atoms with Gasteiger partial charge in [0.05, 0.1) is 17.1 Å². The number of hydrogen-bond donors (Lipinski definition) is 0. The van der Waals surface area contributed by atoms with E-state index < -0.39 is 5.54 Å². The van der Waals surface area contributed by atoms with Crippen LogP contribution in [-0.2, 0) is 5.54 Å². The SMILES string of the molecule is CC1(c2ccccc2)N=C(c2ccc(-c3ccc(-c4ccc5c(c4)c4ccccc4n5-c4ccccc4)cc3)cc2)N2c3ncccc3C=CC21. The van der Waals surface area contributed by atoms with Gasteiger partial charge in [0.1, 0.15) is 17.2 Å². The fourth-order valence-corrected chi connectivity index (χ4v) is 8.05. The van der Waals surface area contributed by atoms with Crippen LogP contribution < -0.4 is 4.90 Å². The molecule has 0 radical (unpaired) electrons. The Morgan fingerprint density at radius 2 is 1.16 bits per heavy atom. The summed E-state index contributed by atoms with van der Waals surface area (Å²) >= 11 is 0. The minimum Gasteiger partial charge on any atom is -0.309 e. The van der Waals surface area contributed by atoms with Crippen molar-refractivity contribution in [3.63, 3.8) is 0 Å². The number of aliphatic imine (C=N–C) groups is 1. The Kier molecular flexibility index (Phi) is 6.65. The summed E-state index contributed by atoms with van der Waals surface area (Å²) in [5.74, 6) is 1.90. The van der Waals surface area contributed by atoms with Crippen LogP contribution in [0.4, 0.5) is 5.82 Å². The molecule has 0 spiro atoms. The van der Waals surface area contributed by atoms with Crippen molar-refractivity contribution in [3.8, 4) is 27.9 Å². The van der Waals surface area contributed by atoms with Crippen molar-refractivity contribution in [2.24, 2.45) is 4.99 Å². The molecule has 0 fully saturated rings. The Morgan fingerprint density at radius 1 is 0.549 bits per heavy atom. The van der Waals surface area contributed by atoms with Gasteiger partial charge in [-0.25, -0.2) is 4.98 Å². The third-order valence-electron chi connectivity index (χ3n) is 10.7. The minimum atomic E-state index is -0.448. The fourth-order valence-electron chi connectivity index (χ4n) is 8.05. The summed E-state index contributed by atoms with van der Waals surface area (Å²) in [6.07, 6.45) is 6.35. The second-order valence-electron chi connectivity index (χ2n) is 13.6. The Balaban J connectivity index is 0.980. The van der Waals surface area contributed by atoms with Crippen LogP contribution in [0.15, 0.2) is 181 Å². The number of rotatable bonds is 5. The molecule has 6 aromatic carbocycles. The van der Waals surface area contributed by atoms with Gasteiger partial charge in [0.2, 0.25) is 0 Å². The van der Waals surface area contributed by atoms with Gasteiger partial charge in [0, 0.05) is 33.8 Å². The van der Waals surface area contributed by atoms with E-state index in [-0.39, 0.29) is 6.04 Å². The number of amidine groups is 1. The smallest absolute Gasteiger partial charge is 0.142 e. The molecule has 10 rings (SSSR count). The zero-order chi connectivity index (χ0) is 33.9. The molecular weight excluding hydrogens is 621 g/mol. The number of para-hydroxylation sites is 2. The van der Waals surface area contributed by atoms with E-state index in [1.807, 2.05) is 12.3 Å². The number of nitrogens with zero attached hydrogens (tertiary/aromatic N) is 4. The number of hydrogen-bond acceptors (Lipinski definition) is 3. The van der Waals surface area contributed by atoms with Gasteiger partial charge in [-0.2, -0.15) is 0 Å². The average Bonchev–Trinajstić information content (AvgIpc) is 3.71. The molecule has 0 bridgehead atoms. The molecule has 2 atom stereocenters. The molecule has 2 unspecified atom stereocenters. The first-order valence-electron chi connectivity index (χ1n) is 17.5. The molecule has 242 valence electrons. The molecule has 4 heteroatoms. The van der Waals surface area contributed by atoms with Crippen LogP contribution >= 0.6 is 0 Å². The average molecular weight is 655 g/mol. The molecule has 2 aliphatic rings. The van der Waals surface area contributed by atoms with Crippen LogP contribution in [0.25, 0.3) is 55.8 Å². The second-order valence-corrected chi connectivity index (χ2v) is 13.6. The number of anilines is 1. The van der Waals surface area contributed by atoms with Crippen molar-refractivity contribution in [1.82, 2.24) is 9.55 Å². The summed E-state index contributed by atoms with van der Waals surface area (Å²) < 4.78 is 2.36. The van der Waals surface area contributed by atoms with E-state index in [4.69, 9.17) is 9.98 Å². The highest BCUT2D eigenvalue weighted by molar-refractivity contribution is 6.14. The molecule has 51 heavy (non-hydrogen) atoms. The van der Waals surface area contributed by atoms with Gasteiger partial charge >= 0.3 is 0 Å². The van der Waals surface area contributed by atoms with Crippen LogP contribution in [0, 0.1) is 0 Å². The van der Waals surface area contributed by atoms with Crippen molar-refractivity contribution >= 4 is 39.5 Å². The van der Waals surface area contributed by atoms with Gasteiger partial charge in [0.25, 0.3) is 0 Å². The van der Waals surface area contributed by atoms with E-state index in [1.165, 1.54) is 55.3 Å². The highest BCUT2D eigenvalue weighted by Gasteiger charge is 2.48. The van der Waals surface area contributed by atoms with Crippen molar-refractivity contribution < 1.29 is 0 Å². The summed E-state index contributed by atoms with van der Waals surface area (Å²) in [5, 5.41) is 2.52. The van der Waals surface area contributed by atoms with E-state index in [9.17, 15) is 0 Å². The predicted octanol–water partition coefficient (Wildman–Crippen LogP) is 11.1. The van der Waals surface area contributed by atoms with Gasteiger partial charge in [-0.1, -0.05) is 133 Å². The lowest BCUT2D eigenvalue weighted by molar-refractivity contribution is 0.470. The highest BCUT2D eigenvalue weighted by atomic mass is 15.3. The lowest BCUT2D eigenvalue weighted by Gasteiger charge is -2.36. The molecule has 4 nitrogen and oxygen atoms in total. The Morgan fingerprint density at radius 3 is 1.90 bits per heavy atom. The van der Waals surface area contributed by atoms with Crippen molar-refractivity contribution in [3.05, 3.63) is 193 Å². The lowest BCUT2D eigenvalue weighted by atomic mass is 9.84. The first kappa shape index (κ1) is 29.4. The molecule has 0 saturated carbocycles. The molecule has 0 aliphatic carbocycles. The highest BCUT2D eigenvalue weighted by Crippen LogP contribution is 2.45. The zero-order valence-electron chi connectivity index (χ0n) is 28.2. The first-order chi connectivity index (χ1) is 25.2. The normalized spacial score (nSPS) is 17.8. The van der Waals surface area contributed by atoms with Crippen LogP contribution in [0.5, 0.6) is 0 Å². The third kappa shape index (κ3) is 4.68. The van der Waals surface area contributed by atoms with Crippen molar-refractivity contribution in [1.29, 1.82) is 0 Å². The van der Waals surface area contributed by atoms with Gasteiger partial charge in [-0.05, 0) is 77.2 Å². The van der Waals surface area contributed by atoms with Crippen LogP contribution in [0.1, 0.15) is 23.6 Å². The van der Waals surface area contributed by atoms with E-state index in [1.54, 1.807) is 0 Å². The van der Waals surface area contributed by atoms with Crippen LogP contribution in [0.2, 0.25) is 0 Å². The monoisotopic (exact) mass is 654 g/mol. The summed E-state index contributed by atoms with van der Waals surface area (Å²) in [7, 11) is 0. The van der Waals surface area contributed by atoms with Crippen molar-refractivity contribution in [2.45, 2.75) is 18.5 Å². The third-order valence-corrected chi connectivity index (χ3v) is 10.7. The topological polar surface area (TPSA) is 33.4 Å². The fraction of sp³-hybridized carbons (Fsp3) is 0.0638. The predicted molar refractivity (Wildman–Crippen MR) is 212 cm³/mol. The number of aromatic nitrogens is 2. The largest absolute Gasteiger partial charge is 0.309 e. The molecule has 0 saturated heterocycles. The molecule has 2 aromatic heterocycles. The van der Waals surface area contributed by atoms with Crippen molar-refractivity contribution in [2.75, 3.05) is 4.90 Å². The Hall–Kier alpha value is -6.52. The zero-order valence-corrected chi connectivity index (χ0v) is 28.2. The summed E-state index contributed by atoms with van der Waals surface area (Å²) in [5.41, 5.74) is 11.3. The maximum Gasteiger partial charge on any atom is 0.142 e. The van der Waals surface area contributed by atoms with Gasteiger partial charge < -0.3 is 9.47 Å². The molecular formula is C47H34N4. The number of fused-ring (bicyclic) bond motifs is 6. The van der Waals surface area contributed by atoms with E-state index in [2.05, 4.69) is 186 Å². The summed E-state index contributed by atoms with van der Waals surface area (Å²) in [4.78, 5) is 12.6. The van der Waals surface area contributed by atoms with Gasteiger partial charge in [0.15, 0.2) is 0 Å². The first-order valence-corrected chi connectivity index (χ1v) is 17.5. The molecule has 4 heterocycles. The maximum atomic E-state index is 5.46. The molecule has 0 N–H and O–H groups in total. The van der Waals surface area contributed by atoms with Gasteiger partial charge in [-0.15, -0.1) is 0 Å². The lowest BCUT2D eigenvalue weighted by Crippen LogP contribution is -2.45. The minimum absolute atomic E-state index is 0.0265. The Bertz CT molecular complexity index is 2640. The second kappa shape index (κ2) is 11.5. The van der Waals surface area contributed by atoms with Crippen LogP contribution in [0.3, 0.4) is 0 Å². The standard InChI is InChI=1S/C47H34N4/c1-47(38-12-4-2-5-13-38)44-29-27-35-11-10-30-48-45(35)51(44)46(49-47)36-24-22-33(23-25-36)32-18-20-34(21-19-32)37-26-28-43-41(31-37)40-16-8-9-17-42(40)50(43)39-14-6-3-7-15-39/h2-31,44H,1H3. The molecule has 2 aliphatic heterocycles. The summed E-state index contributed by atoms with van der Waals surface area (Å²) in [6.45, 7) is 2.24. The van der Waals surface area contributed by atoms with Gasteiger partial charge in [-0.3, -0.25) is 4.99 Å².